The predicted molar refractivity (Wildman–Crippen MR) is 103 cm³/mol. The van der Waals surface area contributed by atoms with Crippen molar-refractivity contribution in [3.8, 4) is 0 Å². The second kappa shape index (κ2) is 6.43. The third-order valence-electron chi connectivity index (χ3n) is 4.96. The second-order valence-corrected chi connectivity index (χ2v) is 10.3. The first-order valence-electron chi connectivity index (χ1n) is 8.26. The topological polar surface area (TPSA) is 42.3 Å². The highest BCUT2D eigenvalue weighted by Gasteiger charge is 2.31. The number of benzene rings is 1. The Hall–Kier alpha value is -1.34. The number of aromatic nitrogens is 1. The van der Waals surface area contributed by atoms with Gasteiger partial charge in [0, 0.05) is 37.2 Å². The summed E-state index contributed by atoms with van der Waals surface area (Å²) in [5, 5.41) is 1.27. The van der Waals surface area contributed by atoms with Gasteiger partial charge < -0.3 is 4.57 Å². The minimum absolute atomic E-state index is 0.334. The zero-order chi connectivity index (χ0) is 17.6. The lowest BCUT2D eigenvalue weighted by Gasteiger charge is -2.30. The number of hydrogen-bond donors (Lipinski definition) is 0. The van der Waals surface area contributed by atoms with Crippen LogP contribution in [0.1, 0.15) is 24.3 Å². The minimum atomic E-state index is -3.42. The van der Waals surface area contributed by atoms with E-state index in [0.29, 0.717) is 27.6 Å². The van der Waals surface area contributed by atoms with Gasteiger partial charge in [-0.15, -0.1) is 11.3 Å². The van der Waals surface area contributed by atoms with Gasteiger partial charge in [-0.3, -0.25) is 0 Å². The van der Waals surface area contributed by atoms with Gasteiger partial charge in [0.05, 0.1) is 4.34 Å². The highest BCUT2D eigenvalue weighted by Crippen LogP contribution is 2.36. The summed E-state index contributed by atoms with van der Waals surface area (Å²) in [5.41, 5.74) is 2.55. The lowest BCUT2D eigenvalue weighted by Crippen LogP contribution is -2.37. The van der Waals surface area contributed by atoms with Crippen molar-refractivity contribution in [2.75, 3.05) is 13.1 Å². The molecular formula is C18H19ClN2O2S2. The molecule has 1 fully saturated rings. The summed E-state index contributed by atoms with van der Waals surface area (Å²) in [6.45, 7) is 1.09. The van der Waals surface area contributed by atoms with Gasteiger partial charge in [-0.2, -0.15) is 4.31 Å². The van der Waals surface area contributed by atoms with Crippen molar-refractivity contribution >= 4 is 43.9 Å². The molecule has 3 heterocycles. The number of para-hydroxylation sites is 1. The maximum absolute atomic E-state index is 12.7. The van der Waals surface area contributed by atoms with E-state index in [1.807, 2.05) is 6.07 Å². The molecule has 1 aromatic carbocycles. The molecule has 132 valence electrons. The van der Waals surface area contributed by atoms with E-state index in [4.69, 9.17) is 11.6 Å². The Morgan fingerprint density at radius 2 is 1.84 bits per heavy atom. The summed E-state index contributed by atoms with van der Waals surface area (Å²) in [7, 11) is -1.36. The summed E-state index contributed by atoms with van der Waals surface area (Å²) in [6.07, 6.45) is 3.87. The fourth-order valence-corrected chi connectivity index (χ4v) is 6.78. The summed E-state index contributed by atoms with van der Waals surface area (Å²) in [6, 6.07) is 11.6. The molecule has 0 aliphatic carbocycles. The van der Waals surface area contributed by atoms with Gasteiger partial charge in [0.25, 0.3) is 10.0 Å². The second-order valence-electron chi connectivity index (χ2n) is 6.45. The van der Waals surface area contributed by atoms with Crippen molar-refractivity contribution < 1.29 is 8.42 Å². The molecule has 3 aromatic rings. The highest BCUT2D eigenvalue weighted by molar-refractivity contribution is 7.91. The first-order chi connectivity index (χ1) is 12.0. The van der Waals surface area contributed by atoms with Crippen LogP contribution in [-0.2, 0) is 17.1 Å². The number of thiophene rings is 1. The van der Waals surface area contributed by atoms with E-state index in [-0.39, 0.29) is 0 Å². The molecule has 0 atom stereocenters. The number of sulfonamides is 1. The Labute approximate surface area is 156 Å². The molecule has 0 saturated carbocycles. The summed E-state index contributed by atoms with van der Waals surface area (Å²) < 4.78 is 30.1. The van der Waals surface area contributed by atoms with Crippen molar-refractivity contribution in [1.82, 2.24) is 8.87 Å². The number of hydrogen-bond acceptors (Lipinski definition) is 3. The number of aryl methyl sites for hydroxylation is 1. The number of piperidine rings is 1. The Morgan fingerprint density at radius 3 is 2.52 bits per heavy atom. The van der Waals surface area contributed by atoms with Crippen LogP contribution >= 0.6 is 22.9 Å². The maximum atomic E-state index is 12.7. The van der Waals surface area contributed by atoms with Crippen LogP contribution in [0.3, 0.4) is 0 Å². The van der Waals surface area contributed by atoms with Crippen molar-refractivity contribution in [1.29, 1.82) is 0 Å². The van der Waals surface area contributed by atoms with Crippen molar-refractivity contribution in [3.05, 3.63) is 52.5 Å². The number of halogens is 1. The normalized spacial score (nSPS) is 17.4. The lowest BCUT2D eigenvalue weighted by atomic mass is 9.90. The van der Waals surface area contributed by atoms with Crippen molar-refractivity contribution in [2.24, 2.45) is 7.05 Å². The number of rotatable bonds is 3. The van der Waals surface area contributed by atoms with Gasteiger partial charge in [0.15, 0.2) is 0 Å². The van der Waals surface area contributed by atoms with Gasteiger partial charge >= 0.3 is 0 Å². The van der Waals surface area contributed by atoms with E-state index in [1.54, 1.807) is 16.4 Å². The van der Waals surface area contributed by atoms with Gasteiger partial charge in [-0.1, -0.05) is 29.8 Å². The van der Waals surface area contributed by atoms with Crippen LogP contribution in [0.25, 0.3) is 10.9 Å². The molecular weight excluding hydrogens is 376 g/mol. The average Bonchev–Trinajstić information content (AvgIpc) is 3.20. The first-order valence-corrected chi connectivity index (χ1v) is 10.9. The van der Waals surface area contributed by atoms with Gasteiger partial charge in [0.2, 0.25) is 0 Å². The van der Waals surface area contributed by atoms with Crippen LogP contribution in [0, 0.1) is 0 Å². The third-order valence-corrected chi connectivity index (χ3v) is 8.56. The average molecular weight is 395 g/mol. The fourth-order valence-electron chi connectivity index (χ4n) is 3.67. The van der Waals surface area contributed by atoms with Crippen LogP contribution in [0.2, 0.25) is 4.34 Å². The largest absolute Gasteiger partial charge is 0.350 e. The number of fused-ring (bicyclic) bond motifs is 1. The smallest absolute Gasteiger partial charge is 0.252 e. The summed E-state index contributed by atoms with van der Waals surface area (Å²) in [5.74, 6) is 0.393. The van der Waals surface area contributed by atoms with Crippen LogP contribution < -0.4 is 0 Å². The number of nitrogens with zero attached hydrogens (tertiary/aromatic N) is 2. The molecule has 7 heteroatoms. The SMILES string of the molecule is Cn1cc(C2CCN(S(=O)(=O)c3ccc(Cl)s3)CC2)c2ccccc21. The van der Waals surface area contributed by atoms with Gasteiger partial charge in [0.1, 0.15) is 4.21 Å². The van der Waals surface area contributed by atoms with E-state index < -0.39 is 10.0 Å². The molecule has 0 amide bonds. The molecule has 0 N–H and O–H groups in total. The molecule has 0 unspecified atom stereocenters. The first kappa shape index (κ1) is 17.1. The summed E-state index contributed by atoms with van der Waals surface area (Å²) >= 11 is 7.02. The molecule has 4 nitrogen and oxygen atoms in total. The molecule has 2 aromatic heterocycles. The molecule has 0 radical (unpaired) electrons. The standard InChI is InChI=1S/C18H19ClN2O2S2/c1-20-12-15(14-4-2-3-5-16(14)20)13-8-10-21(11-9-13)25(22,23)18-7-6-17(19)24-18/h2-7,12-13H,8-11H2,1H3. The Kier molecular flexibility index (Phi) is 4.40. The minimum Gasteiger partial charge on any atom is -0.350 e. The molecule has 4 rings (SSSR count). The van der Waals surface area contributed by atoms with Gasteiger partial charge in [-0.05, 0) is 42.5 Å². The van der Waals surface area contributed by atoms with E-state index in [0.717, 1.165) is 24.2 Å². The molecule has 1 aliphatic rings. The van der Waals surface area contributed by atoms with E-state index in [9.17, 15) is 8.42 Å². The van der Waals surface area contributed by atoms with E-state index in [2.05, 4.69) is 36.0 Å². The Morgan fingerprint density at radius 1 is 1.12 bits per heavy atom. The lowest BCUT2D eigenvalue weighted by molar-refractivity contribution is 0.321. The highest BCUT2D eigenvalue weighted by atomic mass is 35.5. The molecule has 0 bridgehead atoms. The fraction of sp³-hybridized carbons (Fsp3) is 0.333. The molecule has 0 spiro atoms. The van der Waals surface area contributed by atoms with Crippen molar-refractivity contribution in [2.45, 2.75) is 23.0 Å². The Bertz CT molecular complexity index is 1010. The zero-order valence-corrected chi connectivity index (χ0v) is 16.2. The molecule has 1 saturated heterocycles. The van der Waals surface area contributed by atoms with Crippen LogP contribution in [0.15, 0.2) is 46.8 Å². The van der Waals surface area contributed by atoms with Crippen LogP contribution in [0.5, 0.6) is 0 Å². The quantitative estimate of drug-likeness (QED) is 0.658. The van der Waals surface area contributed by atoms with E-state index in [1.165, 1.54) is 16.5 Å². The molecule has 1 aliphatic heterocycles. The van der Waals surface area contributed by atoms with Crippen LogP contribution in [-0.4, -0.2) is 30.4 Å². The zero-order valence-electron chi connectivity index (χ0n) is 13.9. The van der Waals surface area contributed by atoms with Gasteiger partial charge in [-0.25, -0.2) is 8.42 Å². The monoisotopic (exact) mass is 394 g/mol. The van der Waals surface area contributed by atoms with E-state index >= 15 is 0 Å². The predicted octanol–water partition coefficient (Wildman–Crippen LogP) is 4.46. The molecule has 25 heavy (non-hydrogen) atoms. The summed E-state index contributed by atoms with van der Waals surface area (Å²) in [4.78, 5) is 0. The Balaban J connectivity index is 1.55. The maximum Gasteiger partial charge on any atom is 0.252 e. The third kappa shape index (κ3) is 3.01. The van der Waals surface area contributed by atoms with Crippen LogP contribution in [0.4, 0.5) is 0 Å². The van der Waals surface area contributed by atoms with Crippen molar-refractivity contribution in [3.63, 3.8) is 0 Å².